The molecule has 2 aliphatic heterocycles. The number of rotatable bonds is 6. The normalized spacial score (nSPS) is 28.1. The van der Waals surface area contributed by atoms with Gasteiger partial charge in [-0.15, -0.1) is 0 Å². The van der Waals surface area contributed by atoms with Gasteiger partial charge in [-0.3, -0.25) is 9.69 Å². The van der Waals surface area contributed by atoms with Crippen LogP contribution >= 0.6 is 0 Å². The third-order valence-corrected chi connectivity index (χ3v) is 3.97. The van der Waals surface area contributed by atoms with Gasteiger partial charge in [0.25, 0.3) is 0 Å². The average Bonchev–Trinajstić information content (AvgIpc) is 2.78. The number of hydrogen-bond acceptors (Lipinski definition) is 4. The minimum absolute atomic E-state index is 0.114. The summed E-state index contributed by atoms with van der Waals surface area (Å²) in [4.78, 5) is 14.3. The molecule has 2 heterocycles. The highest BCUT2D eigenvalue weighted by molar-refractivity contribution is 5.78. The molecule has 2 aliphatic rings. The van der Waals surface area contributed by atoms with Crippen LogP contribution in [0.4, 0.5) is 0 Å². The number of methoxy groups -OCH3 is 1. The molecule has 1 amide bonds. The van der Waals surface area contributed by atoms with Crippen molar-refractivity contribution in [2.24, 2.45) is 0 Å². The number of amides is 1. The molecule has 2 saturated heterocycles. The smallest absolute Gasteiger partial charge is 0.234 e. The Kier molecular flexibility index (Phi) is 5.41. The Hall–Kier alpha value is -0.650. The van der Waals surface area contributed by atoms with Gasteiger partial charge < -0.3 is 15.4 Å². The van der Waals surface area contributed by atoms with Gasteiger partial charge >= 0.3 is 0 Å². The Labute approximate surface area is 109 Å². The molecule has 5 nitrogen and oxygen atoms in total. The number of carbonyl (C=O) groups excluding carboxylic acids is 1. The zero-order valence-corrected chi connectivity index (χ0v) is 11.3. The Morgan fingerprint density at radius 1 is 1.33 bits per heavy atom. The summed E-state index contributed by atoms with van der Waals surface area (Å²) in [5.74, 6) is 0.114. The highest BCUT2D eigenvalue weighted by atomic mass is 16.5. The summed E-state index contributed by atoms with van der Waals surface area (Å²) in [5.41, 5.74) is 0. The zero-order valence-electron chi connectivity index (χ0n) is 11.3. The minimum Gasteiger partial charge on any atom is -0.383 e. The van der Waals surface area contributed by atoms with Crippen LogP contribution in [0.2, 0.25) is 0 Å². The van der Waals surface area contributed by atoms with Gasteiger partial charge in [0.15, 0.2) is 0 Å². The lowest BCUT2D eigenvalue weighted by atomic mass is 9.99. The van der Waals surface area contributed by atoms with E-state index in [1.165, 1.54) is 25.8 Å². The van der Waals surface area contributed by atoms with Crippen LogP contribution in [0.5, 0.6) is 0 Å². The fraction of sp³-hybridized carbons (Fsp3) is 0.923. The van der Waals surface area contributed by atoms with E-state index in [0.29, 0.717) is 25.2 Å². The Morgan fingerprint density at radius 3 is 3.06 bits per heavy atom. The first-order valence-corrected chi connectivity index (χ1v) is 7.04. The topological polar surface area (TPSA) is 53.6 Å². The summed E-state index contributed by atoms with van der Waals surface area (Å²) in [5, 5.41) is 6.25. The number of hydrogen-bond donors (Lipinski definition) is 2. The summed E-state index contributed by atoms with van der Waals surface area (Å²) < 4.78 is 4.93. The van der Waals surface area contributed by atoms with Gasteiger partial charge in [0.05, 0.1) is 13.2 Å². The van der Waals surface area contributed by atoms with Crippen LogP contribution in [-0.4, -0.2) is 62.8 Å². The van der Waals surface area contributed by atoms with E-state index in [2.05, 4.69) is 15.5 Å². The van der Waals surface area contributed by atoms with Crippen molar-refractivity contribution in [1.29, 1.82) is 0 Å². The molecule has 0 spiro atoms. The van der Waals surface area contributed by atoms with Crippen molar-refractivity contribution in [1.82, 2.24) is 15.5 Å². The number of nitrogens with zero attached hydrogens (tertiary/aromatic N) is 1. The van der Waals surface area contributed by atoms with Crippen molar-refractivity contribution in [3.8, 4) is 0 Å². The van der Waals surface area contributed by atoms with Crippen LogP contribution in [0.25, 0.3) is 0 Å². The summed E-state index contributed by atoms with van der Waals surface area (Å²) in [6.45, 7) is 4.12. The molecule has 2 atom stereocenters. The predicted octanol–water partition coefficient (Wildman–Crippen LogP) is -0.0346. The second-order valence-electron chi connectivity index (χ2n) is 5.23. The second kappa shape index (κ2) is 7.07. The van der Waals surface area contributed by atoms with Gasteiger partial charge in [0.1, 0.15) is 0 Å². The number of carbonyl (C=O) groups is 1. The molecule has 2 rings (SSSR count). The Balaban J connectivity index is 1.67. The summed E-state index contributed by atoms with van der Waals surface area (Å²) >= 11 is 0. The Morgan fingerprint density at radius 2 is 2.22 bits per heavy atom. The van der Waals surface area contributed by atoms with Crippen LogP contribution in [0.3, 0.4) is 0 Å². The zero-order chi connectivity index (χ0) is 12.8. The summed E-state index contributed by atoms with van der Waals surface area (Å²) in [6, 6.07) is 0.948. The van der Waals surface area contributed by atoms with Crippen molar-refractivity contribution < 1.29 is 9.53 Å². The van der Waals surface area contributed by atoms with E-state index in [9.17, 15) is 4.79 Å². The molecule has 5 heteroatoms. The van der Waals surface area contributed by atoms with E-state index < -0.39 is 0 Å². The fourth-order valence-electron chi connectivity index (χ4n) is 3.05. The van der Waals surface area contributed by atoms with Crippen LogP contribution in [-0.2, 0) is 9.53 Å². The molecular formula is C13H25N3O2. The highest BCUT2D eigenvalue weighted by Gasteiger charge is 2.35. The van der Waals surface area contributed by atoms with Crippen LogP contribution < -0.4 is 10.6 Å². The monoisotopic (exact) mass is 255 g/mol. The molecule has 2 unspecified atom stereocenters. The molecule has 0 bridgehead atoms. The summed E-state index contributed by atoms with van der Waals surface area (Å²) in [6.07, 6.45) is 4.96. The number of fused-ring (bicyclic) bond motifs is 1. The maximum Gasteiger partial charge on any atom is 0.234 e. The van der Waals surface area contributed by atoms with Crippen molar-refractivity contribution in [3.05, 3.63) is 0 Å². The highest BCUT2D eigenvalue weighted by Crippen LogP contribution is 2.26. The molecule has 2 N–H and O–H groups in total. The van der Waals surface area contributed by atoms with Crippen molar-refractivity contribution in [3.63, 3.8) is 0 Å². The van der Waals surface area contributed by atoms with Crippen molar-refractivity contribution in [2.45, 2.75) is 37.8 Å². The van der Waals surface area contributed by atoms with E-state index >= 15 is 0 Å². The molecule has 0 aliphatic carbocycles. The van der Waals surface area contributed by atoms with E-state index in [1.54, 1.807) is 7.11 Å². The van der Waals surface area contributed by atoms with E-state index in [1.807, 2.05) is 0 Å². The number of piperidine rings is 1. The molecule has 0 aromatic carbocycles. The largest absolute Gasteiger partial charge is 0.383 e. The van der Waals surface area contributed by atoms with E-state index in [-0.39, 0.29) is 5.91 Å². The molecule has 0 aromatic rings. The second-order valence-corrected chi connectivity index (χ2v) is 5.23. The van der Waals surface area contributed by atoms with Crippen LogP contribution in [0.1, 0.15) is 25.7 Å². The van der Waals surface area contributed by atoms with Gasteiger partial charge in [-0.05, 0) is 25.8 Å². The maximum atomic E-state index is 11.8. The van der Waals surface area contributed by atoms with Gasteiger partial charge in [0.2, 0.25) is 5.91 Å². The SMILES string of the molecule is COCCNCC(=O)NC1CCN2CCCCC12. The third kappa shape index (κ3) is 3.67. The lowest BCUT2D eigenvalue weighted by Crippen LogP contribution is -2.48. The first kappa shape index (κ1) is 13.8. The molecule has 104 valence electrons. The molecular weight excluding hydrogens is 230 g/mol. The number of nitrogens with one attached hydrogen (secondary N) is 2. The van der Waals surface area contributed by atoms with Gasteiger partial charge in [-0.2, -0.15) is 0 Å². The average molecular weight is 255 g/mol. The first-order valence-electron chi connectivity index (χ1n) is 7.04. The Bertz CT molecular complexity index is 273. The van der Waals surface area contributed by atoms with Crippen molar-refractivity contribution in [2.75, 3.05) is 39.9 Å². The maximum absolute atomic E-state index is 11.8. The standard InChI is InChI=1S/C13H25N3O2/c1-18-9-6-14-10-13(17)15-11-5-8-16-7-3-2-4-12(11)16/h11-12,14H,2-10H2,1H3,(H,15,17). The van der Waals surface area contributed by atoms with Gasteiger partial charge in [0, 0.05) is 32.3 Å². The van der Waals surface area contributed by atoms with Gasteiger partial charge in [-0.1, -0.05) is 6.42 Å². The van der Waals surface area contributed by atoms with Gasteiger partial charge in [-0.25, -0.2) is 0 Å². The molecule has 18 heavy (non-hydrogen) atoms. The quantitative estimate of drug-likeness (QED) is 0.654. The third-order valence-electron chi connectivity index (χ3n) is 3.97. The minimum atomic E-state index is 0.114. The van der Waals surface area contributed by atoms with E-state index in [4.69, 9.17) is 4.74 Å². The van der Waals surface area contributed by atoms with Crippen LogP contribution in [0.15, 0.2) is 0 Å². The van der Waals surface area contributed by atoms with Crippen molar-refractivity contribution >= 4 is 5.91 Å². The fourth-order valence-corrected chi connectivity index (χ4v) is 3.05. The summed E-state index contributed by atoms with van der Waals surface area (Å²) in [7, 11) is 1.66. The molecule has 0 radical (unpaired) electrons. The lowest BCUT2D eigenvalue weighted by Gasteiger charge is -2.32. The first-order chi connectivity index (χ1) is 8.81. The molecule has 2 fully saturated rings. The lowest BCUT2D eigenvalue weighted by molar-refractivity contribution is -0.121. The predicted molar refractivity (Wildman–Crippen MR) is 70.5 cm³/mol. The van der Waals surface area contributed by atoms with Crippen LogP contribution in [0, 0.1) is 0 Å². The molecule has 0 saturated carbocycles. The number of ether oxygens (including phenoxy) is 1. The van der Waals surface area contributed by atoms with E-state index in [0.717, 1.165) is 19.5 Å². The molecule has 0 aromatic heterocycles.